The molecule has 7 nitrogen and oxygen atoms in total. The van der Waals surface area contributed by atoms with Crippen LogP contribution in [0.5, 0.6) is 5.75 Å². The minimum atomic E-state index is 0.0198. The Kier molecular flexibility index (Phi) is 6.65. The highest BCUT2D eigenvalue weighted by molar-refractivity contribution is 6.33. The van der Waals surface area contributed by atoms with E-state index in [0.717, 1.165) is 86.9 Å². The van der Waals surface area contributed by atoms with Gasteiger partial charge in [-0.15, -0.1) is 0 Å². The number of halogens is 1. The smallest absolute Gasteiger partial charge is 0.245 e. The van der Waals surface area contributed by atoms with Crippen LogP contribution in [0, 0.1) is 12.3 Å². The number of likely N-dealkylation sites (N-methyl/N-ethyl adjacent to an activating group) is 1. The Labute approximate surface area is 230 Å². The number of carbonyl (C=O) groups is 1. The Morgan fingerprint density at radius 2 is 2.05 bits per heavy atom. The van der Waals surface area contributed by atoms with Crippen molar-refractivity contribution in [3.05, 3.63) is 52.7 Å². The number of benzene rings is 1. The van der Waals surface area contributed by atoms with Crippen LogP contribution in [0.1, 0.15) is 36.1 Å². The molecule has 6 rings (SSSR count). The first-order valence-electron chi connectivity index (χ1n) is 13.9. The second kappa shape index (κ2) is 9.85. The van der Waals surface area contributed by atoms with Crippen molar-refractivity contribution in [3.63, 3.8) is 0 Å². The van der Waals surface area contributed by atoms with Gasteiger partial charge in [-0.1, -0.05) is 18.2 Å². The number of amides is 1. The fourth-order valence-corrected chi connectivity index (χ4v) is 7.45. The fourth-order valence-electron chi connectivity index (χ4n) is 7.24. The van der Waals surface area contributed by atoms with Crippen molar-refractivity contribution in [2.45, 2.75) is 45.2 Å². The second-order valence-electron chi connectivity index (χ2n) is 11.9. The number of fused-ring (bicyclic) bond motifs is 1. The number of carbonyl (C=O) groups excluding carboxylic acids is 1. The number of aromatic nitrogens is 1. The van der Waals surface area contributed by atoms with Gasteiger partial charge in [0.15, 0.2) is 0 Å². The van der Waals surface area contributed by atoms with Gasteiger partial charge in [0.05, 0.1) is 5.69 Å². The first-order valence-corrected chi connectivity index (χ1v) is 14.2. The highest BCUT2D eigenvalue weighted by atomic mass is 35.5. The molecule has 8 heteroatoms. The van der Waals surface area contributed by atoms with Crippen LogP contribution in [0.3, 0.4) is 0 Å². The number of likely N-dealkylation sites (tertiary alicyclic amines) is 2. The van der Waals surface area contributed by atoms with Gasteiger partial charge in [0.2, 0.25) is 5.91 Å². The highest BCUT2D eigenvalue weighted by Crippen LogP contribution is 2.45. The van der Waals surface area contributed by atoms with Gasteiger partial charge in [-0.3, -0.25) is 9.69 Å². The Balaban J connectivity index is 1.36. The Bertz CT molecular complexity index is 1270. The molecule has 1 atom stereocenters. The summed E-state index contributed by atoms with van der Waals surface area (Å²) in [6.07, 6.45) is 5.86. The van der Waals surface area contributed by atoms with Crippen molar-refractivity contribution in [2.75, 3.05) is 57.8 Å². The van der Waals surface area contributed by atoms with Crippen LogP contribution < -0.4 is 4.90 Å². The number of nitrogens with zero attached hydrogens (tertiary/aromatic N) is 5. The first-order chi connectivity index (χ1) is 18.3. The van der Waals surface area contributed by atoms with E-state index in [4.69, 9.17) is 16.6 Å². The number of phenols is 1. The monoisotopic (exact) mass is 535 g/mol. The van der Waals surface area contributed by atoms with E-state index in [0.29, 0.717) is 11.1 Å². The maximum absolute atomic E-state index is 12.1. The quantitative estimate of drug-likeness (QED) is 0.595. The molecule has 2 aromatic rings. The number of piperidine rings is 1. The zero-order chi connectivity index (χ0) is 26.6. The van der Waals surface area contributed by atoms with Crippen LogP contribution in [0.2, 0.25) is 5.02 Å². The molecule has 0 saturated carbocycles. The van der Waals surface area contributed by atoms with Crippen LogP contribution in [-0.2, 0) is 17.8 Å². The predicted molar refractivity (Wildman–Crippen MR) is 152 cm³/mol. The molecule has 0 unspecified atom stereocenters. The molecule has 4 aliphatic heterocycles. The van der Waals surface area contributed by atoms with E-state index in [9.17, 15) is 9.90 Å². The van der Waals surface area contributed by atoms with Crippen molar-refractivity contribution >= 4 is 23.3 Å². The summed E-state index contributed by atoms with van der Waals surface area (Å²) in [4.78, 5) is 26.8. The fraction of sp³-hybridized carbons (Fsp3) is 0.533. The van der Waals surface area contributed by atoms with Crippen molar-refractivity contribution in [2.24, 2.45) is 5.41 Å². The maximum atomic E-state index is 12.1. The molecule has 0 aliphatic carbocycles. The number of anilines is 1. The van der Waals surface area contributed by atoms with Crippen LogP contribution >= 0.6 is 11.6 Å². The molecule has 4 aliphatic rings. The van der Waals surface area contributed by atoms with Gasteiger partial charge < -0.3 is 19.8 Å². The lowest BCUT2D eigenvalue weighted by atomic mass is 9.79. The maximum Gasteiger partial charge on any atom is 0.245 e. The second-order valence-corrected chi connectivity index (χ2v) is 12.3. The highest BCUT2D eigenvalue weighted by Gasteiger charge is 2.49. The molecule has 0 bridgehead atoms. The molecule has 1 spiro atoms. The van der Waals surface area contributed by atoms with Crippen molar-refractivity contribution in [3.8, 4) is 16.9 Å². The summed E-state index contributed by atoms with van der Waals surface area (Å²) in [5.74, 6) is 1.26. The van der Waals surface area contributed by atoms with Gasteiger partial charge in [-0.05, 0) is 87.2 Å². The minimum Gasteiger partial charge on any atom is -0.508 e. The third-order valence-electron chi connectivity index (χ3n) is 9.22. The van der Waals surface area contributed by atoms with Crippen molar-refractivity contribution in [1.29, 1.82) is 0 Å². The molecule has 38 heavy (non-hydrogen) atoms. The van der Waals surface area contributed by atoms with E-state index >= 15 is 0 Å². The van der Waals surface area contributed by atoms with Gasteiger partial charge in [-0.2, -0.15) is 0 Å². The van der Waals surface area contributed by atoms with E-state index in [1.807, 2.05) is 4.90 Å². The standard InChI is InChI=1S/C30H38ClN5O2/c1-4-27(38)36-18-30(19-36)10-13-35(17-30)29-20(2)28(24-14-22(37)7-8-25(24)31)23-9-12-34(16-26(23)32-29)21-6-5-11-33(3)15-21/h4,7-8,14,21,37H,1,5-6,9-13,15-19H2,2-3H3/t21-/m1/s1. The molecular weight excluding hydrogens is 498 g/mol. The average Bonchev–Trinajstić information content (AvgIpc) is 3.34. The zero-order valence-electron chi connectivity index (χ0n) is 22.5. The van der Waals surface area contributed by atoms with E-state index < -0.39 is 0 Å². The minimum absolute atomic E-state index is 0.0198. The summed E-state index contributed by atoms with van der Waals surface area (Å²) >= 11 is 6.75. The topological polar surface area (TPSA) is 63.2 Å². The van der Waals surface area contributed by atoms with Crippen LogP contribution in [-0.4, -0.2) is 89.6 Å². The summed E-state index contributed by atoms with van der Waals surface area (Å²) in [7, 11) is 2.22. The van der Waals surface area contributed by atoms with E-state index in [-0.39, 0.29) is 17.1 Å². The number of pyridine rings is 1. The molecule has 1 N–H and O–H groups in total. The SMILES string of the molecule is C=CC(=O)N1CC2(CCN(c3nc4c(c(-c5cc(O)ccc5Cl)c3C)CCN([C@@H]3CCCN(C)C3)C4)C2)C1. The summed E-state index contributed by atoms with van der Waals surface area (Å²) in [5, 5.41) is 11.0. The van der Waals surface area contributed by atoms with Crippen LogP contribution in [0.4, 0.5) is 5.82 Å². The van der Waals surface area contributed by atoms with Gasteiger partial charge in [0, 0.05) is 67.9 Å². The molecule has 1 aromatic heterocycles. The normalized spacial score (nSPS) is 23.4. The van der Waals surface area contributed by atoms with Gasteiger partial charge in [-0.25, -0.2) is 4.98 Å². The van der Waals surface area contributed by atoms with E-state index in [1.54, 1.807) is 18.2 Å². The summed E-state index contributed by atoms with van der Waals surface area (Å²) in [5.41, 5.74) is 5.67. The van der Waals surface area contributed by atoms with Crippen LogP contribution in [0.25, 0.3) is 11.1 Å². The van der Waals surface area contributed by atoms with E-state index in [1.165, 1.54) is 31.0 Å². The lowest BCUT2D eigenvalue weighted by Gasteiger charge is -2.47. The summed E-state index contributed by atoms with van der Waals surface area (Å²) < 4.78 is 0. The van der Waals surface area contributed by atoms with Gasteiger partial charge in [0.25, 0.3) is 0 Å². The number of aromatic hydroxyl groups is 1. The lowest BCUT2D eigenvalue weighted by Crippen LogP contribution is -2.59. The first kappa shape index (κ1) is 25.7. The zero-order valence-corrected chi connectivity index (χ0v) is 23.3. The molecule has 1 aromatic carbocycles. The summed E-state index contributed by atoms with van der Waals surface area (Å²) in [6, 6.07) is 5.79. The number of hydrogen-bond acceptors (Lipinski definition) is 6. The third-order valence-corrected chi connectivity index (χ3v) is 9.54. The molecule has 3 saturated heterocycles. The molecule has 0 radical (unpaired) electrons. The van der Waals surface area contributed by atoms with E-state index in [2.05, 4.69) is 35.3 Å². The van der Waals surface area contributed by atoms with Gasteiger partial charge >= 0.3 is 0 Å². The number of phenolic OH excluding ortho intramolecular Hbond substituents is 1. The average molecular weight is 536 g/mol. The molecular formula is C30H38ClN5O2. The van der Waals surface area contributed by atoms with Crippen molar-refractivity contribution < 1.29 is 9.90 Å². The third kappa shape index (κ3) is 4.48. The molecule has 3 fully saturated rings. The largest absolute Gasteiger partial charge is 0.508 e. The number of hydrogen-bond donors (Lipinski definition) is 1. The molecule has 1 amide bonds. The van der Waals surface area contributed by atoms with Crippen LogP contribution in [0.15, 0.2) is 30.9 Å². The Morgan fingerprint density at radius 1 is 1.24 bits per heavy atom. The molecule has 202 valence electrons. The summed E-state index contributed by atoms with van der Waals surface area (Å²) in [6.45, 7) is 13.3. The molecule has 5 heterocycles. The predicted octanol–water partition coefficient (Wildman–Crippen LogP) is 4.09. The Morgan fingerprint density at radius 3 is 2.82 bits per heavy atom. The lowest BCUT2D eigenvalue weighted by molar-refractivity contribution is -0.136. The van der Waals surface area contributed by atoms with Crippen molar-refractivity contribution in [1.82, 2.24) is 19.7 Å². The number of rotatable bonds is 4. The van der Waals surface area contributed by atoms with Gasteiger partial charge in [0.1, 0.15) is 11.6 Å². The Hall–Kier alpha value is -2.61.